The van der Waals surface area contributed by atoms with E-state index in [2.05, 4.69) is 5.32 Å². The van der Waals surface area contributed by atoms with Crippen molar-refractivity contribution in [1.29, 1.82) is 0 Å². The maximum Gasteiger partial charge on any atom is 0.372 e. The second-order valence-electron chi connectivity index (χ2n) is 4.55. The zero-order valence-corrected chi connectivity index (χ0v) is 10.9. The monoisotopic (exact) mass is 255 g/mol. The minimum atomic E-state index is -1.06. The number of carbonyl (C=O) groups is 1. The zero-order chi connectivity index (χ0) is 13.6. The predicted molar refractivity (Wildman–Crippen MR) is 67.5 cm³/mol. The molecule has 18 heavy (non-hydrogen) atoms. The molecule has 1 rings (SSSR count). The number of furan rings is 1. The molecule has 5 nitrogen and oxygen atoms in total. The molecular formula is C13H21NO4. The average molecular weight is 255 g/mol. The lowest BCUT2D eigenvalue weighted by atomic mass is 9.83. The summed E-state index contributed by atoms with van der Waals surface area (Å²) in [5, 5.41) is 21.5. The smallest absolute Gasteiger partial charge is 0.372 e. The topological polar surface area (TPSA) is 82.7 Å². The Hall–Kier alpha value is -1.33. The second-order valence-corrected chi connectivity index (χ2v) is 4.55. The molecule has 0 bridgehead atoms. The molecule has 0 aromatic carbocycles. The van der Waals surface area contributed by atoms with Crippen LogP contribution in [0.3, 0.4) is 0 Å². The Morgan fingerprint density at radius 2 is 2.11 bits per heavy atom. The van der Waals surface area contributed by atoms with Crippen LogP contribution in [0.2, 0.25) is 0 Å². The first-order valence-electron chi connectivity index (χ1n) is 6.19. The summed E-state index contributed by atoms with van der Waals surface area (Å²) in [4.78, 5) is 10.8. The molecule has 1 aromatic heterocycles. The largest absolute Gasteiger partial charge is 0.475 e. The lowest BCUT2D eigenvalue weighted by molar-refractivity contribution is 0.0660. The standard InChI is InChI=1S/C13H21NO4/c1-3-13(4-2,9-15)8-14-7-10-5-6-18-11(10)12(16)17/h5-6,14-15H,3-4,7-9H2,1-2H3,(H,16,17). The van der Waals surface area contributed by atoms with Crippen molar-refractivity contribution in [2.24, 2.45) is 5.41 Å². The highest BCUT2D eigenvalue weighted by atomic mass is 16.4. The van der Waals surface area contributed by atoms with E-state index in [0.29, 0.717) is 18.7 Å². The van der Waals surface area contributed by atoms with E-state index in [-0.39, 0.29) is 17.8 Å². The molecule has 0 spiro atoms. The summed E-state index contributed by atoms with van der Waals surface area (Å²) >= 11 is 0. The first kappa shape index (κ1) is 14.7. The van der Waals surface area contributed by atoms with Crippen LogP contribution in [0.15, 0.2) is 16.7 Å². The van der Waals surface area contributed by atoms with Crippen LogP contribution < -0.4 is 5.32 Å². The normalized spacial score (nSPS) is 11.7. The highest BCUT2D eigenvalue weighted by molar-refractivity contribution is 5.86. The molecule has 1 aromatic rings. The first-order chi connectivity index (χ1) is 8.58. The molecule has 5 heteroatoms. The van der Waals surface area contributed by atoms with Crippen LogP contribution in [-0.2, 0) is 6.54 Å². The van der Waals surface area contributed by atoms with Gasteiger partial charge in [0.25, 0.3) is 0 Å². The van der Waals surface area contributed by atoms with Crippen molar-refractivity contribution in [2.75, 3.05) is 13.2 Å². The van der Waals surface area contributed by atoms with E-state index in [0.717, 1.165) is 12.8 Å². The summed E-state index contributed by atoms with van der Waals surface area (Å²) in [6, 6.07) is 1.65. The summed E-state index contributed by atoms with van der Waals surface area (Å²) in [7, 11) is 0. The molecule has 0 atom stereocenters. The highest BCUT2D eigenvalue weighted by Crippen LogP contribution is 2.24. The number of aromatic carboxylic acids is 1. The van der Waals surface area contributed by atoms with Gasteiger partial charge in [0, 0.05) is 30.7 Å². The highest BCUT2D eigenvalue weighted by Gasteiger charge is 2.25. The van der Waals surface area contributed by atoms with Crippen LogP contribution in [0.25, 0.3) is 0 Å². The number of rotatable bonds is 8. The molecular weight excluding hydrogens is 234 g/mol. The molecule has 0 aliphatic heterocycles. The van der Waals surface area contributed by atoms with Crippen LogP contribution in [0, 0.1) is 5.41 Å². The number of carboxylic acids is 1. The van der Waals surface area contributed by atoms with E-state index in [4.69, 9.17) is 9.52 Å². The van der Waals surface area contributed by atoms with Gasteiger partial charge in [0.05, 0.1) is 6.26 Å². The van der Waals surface area contributed by atoms with Crippen molar-refractivity contribution in [3.63, 3.8) is 0 Å². The molecule has 0 unspecified atom stereocenters. The number of carboxylic acid groups (broad SMARTS) is 1. The van der Waals surface area contributed by atoms with E-state index in [1.807, 2.05) is 13.8 Å². The average Bonchev–Trinajstić information content (AvgIpc) is 2.84. The van der Waals surface area contributed by atoms with Crippen LogP contribution >= 0.6 is 0 Å². The fraction of sp³-hybridized carbons (Fsp3) is 0.615. The van der Waals surface area contributed by atoms with Gasteiger partial charge < -0.3 is 19.9 Å². The third kappa shape index (κ3) is 3.34. The number of nitrogens with one attached hydrogen (secondary N) is 1. The molecule has 0 saturated carbocycles. The predicted octanol–water partition coefficient (Wildman–Crippen LogP) is 1.87. The Morgan fingerprint density at radius 3 is 2.61 bits per heavy atom. The van der Waals surface area contributed by atoms with Gasteiger partial charge in [0.1, 0.15) is 0 Å². The summed E-state index contributed by atoms with van der Waals surface area (Å²) in [6.07, 6.45) is 3.13. The van der Waals surface area contributed by atoms with E-state index < -0.39 is 5.97 Å². The summed E-state index contributed by atoms with van der Waals surface area (Å²) in [5.41, 5.74) is 0.495. The van der Waals surface area contributed by atoms with Gasteiger partial charge >= 0.3 is 5.97 Å². The van der Waals surface area contributed by atoms with Gasteiger partial charge in [-0.1, -0.05) is 13.8 Å². The fourth-order valence-corrected chi connectivity index (χ4v) is 1.90. The Balaban J connectivity index is 2.55. The Morgan fingerprint density at radius 1 is 1.44 bits per heavy atom. The van der Waals surface area contributed by atoms with E-state index in [1.54, 1.807) is 6.07 Å². The molecule has 0 radical (unpaired) electrons. The quantitative estimate of drug-likeness (QED) is 0.660. The first-order valence-corrected chi connectivity index (χ1v) is 6.19. The van der Waals surface area contributed by atoms with E-state index >= 15 is 0 Å². The summed E-state index contributed by atoms with van der Waals surface area (Å²) in [5.74, 6) is -1.08. The van der Waals surface area contributed by atoms with Crippen LogP contribution in [0.5, 0.6) is 0 Å². The van der Waals surface area contributed by atoms with Crippen molar-refractivity contribution in [3.8, 4) is 0 Å². The lowest BCUT2D eigenvalue weighted by Gasteiger charge is -2.29. The van der Waals surface area contributed by atoms with Gasteiger partial charge in [-0.15, -0.1) is 0 Å². The Labute approximate surface area is 107 Å². The SMILES string of the molecule is CCC(CC)(CO)CNCc1ccoc1C(=O)O. The molecule has 1 heterocycles. The van der Waals surface area contributed by atoms with Crippen molar-refractivity contribution in [3.05, 3.63) is 23.7 Å². The number of aliphatic hydroxyl groups is 1. The fourth-order valence-electron chi connectivity index (χ4n) is 1.90. The molecule has 102 valence electrons. The maximum absolute atomic E-state index is 10.8. The summed E-state index contributed by atoms with van der Waals surface area (Å²) < 4.78 is 4.90. The second kappa shape index (κ2) is 6.56. The number of aliphatic hydroxyl groups excluding tert-OH is 1. The van der Waals surface area contributed by atoms with Crippen LogP contribution in [0.4, 0.5) is 0 Å². The van der Waals surface area contributed by atoms with Gasteiger partial charge in [0.15, 0.2) is 0 Å². The Bertz CT molecular complexity index is 374. The van der Waals surface area contributed by atoms with Gasteiger partial charge in [-0.05, 0) is 18.9 Å². The van der Waals surface area contributed by atoms with Crippen molar-refractivity contribution < 1.29 is 19.4 Å². The Kier molecular flexibility index (Phi) is 5.37. The van der Waals surface area contributed by atoms with Gasteiger partial charge in [-0.2, -0.15) is 0 Å². The van der Waals surface area contributed by atoms with Crippen LogP contribution in [0.1, 0.15) is 42.8 Å². The number of hydrogen-bond donors (Lipinski definition) is 3. The maximum atomic E-state index is 10.8. The third-order valence-electron chi connectivity index (χ3n) is 3.59. The third-order valence-corrected chi connectivity index (χ3v) is 3.59. The van der Waals surface area contributed by atoms with Crippen molar-refractivity contribution >= 4 is 5.97 Å². The molecule has 3 N–H and O–H groups in total. The van der Waals surface area contributed by atoms with Crippen molar-refractivity contribution in [1.82, 2.24) is 5.32 Å². The van der Waals surface area contributed by atoms with Crippen LogP contribution in [-0.4, -0.2) is 29.3 Å². The lowest BCUT2D eigenvalue weighted by Crippen LogP contribution is -2.36. The molecule has 0 saturated heterocycles. The van der Waals surface area contributed by atoms with E-state index in [9.17, 15) is 9.90 Å². The molecule has 0 aliphatic rings. The molecule has 0 fully saturated rings. The van der Waals surface area contributed by atoms with Crippen molar-refractivity contribution in [2.45, 2.75) is 33.2 Å². The zero-order valence-electron chi connectivity index (χ0n) is 10.9. The number of hydrogen-bond acceptors (Lipinski definition) is 4. The minimum Gasteiger partial charge on any atom is -0.475 e. The van der Waals surface area contributed by atoms with Gasteiger partial charge in [0.2, 0.25) is 5.76 Å². The van der Waals surface area contributed by atoms with Gasteiger partial charge in [-0.25, -0.2) is 4.79 Å². The molecule has 0 aliphatic carbocycles. The van der Waals surface area contributed by atoms with E-state index in [1.165, 1.54) is 6.26 Å². The van der Waals surface area contributed by atoms with Gasteiger partial charge in [-0.3, -0.25) is 0 Å². The minimum absolute atomic E-state index is 0.0231. The molecule has 0 amide bonds. The summed E-state index contributed by atoms with van der Waals surface area (Å²) in [6.45, 7) is 5.30.